The first-order chi connectivity index (χ1) is 8.06. The van der Waals surface area contributed by atoms with E-state index in [0.29, 0.717) is 11.3 Å². The molecule has 0 bridgehead atoms. The van der Waals surface area contributed by atoms with Crippen LogP contribution in [0.4, 0.5) is 0 Å². The van der Waals surface area contributed by atoms with E-state index < -0.39 is 5.62 Å². The zero-order chi connectivity index (χ0) is 12.7. The highest BCUT2D eigenvalue weighted by atomic mass is 32.9. The molecule has 1 aliphatic carbocycles. The highest BCUT2D eigenvalue weighted by Gasteiger charge is 2.17. The summed E-state index contributed by atoms with van der Waals surface area (Å²) in [6.45, 7) is 4.26. The summed E-state index contributed by atoms with van der Waals surface area (Å²) in [6, 6.07) is 0.487. The Kier molecular flexibility index (Phi) is 7.08. The molecule has 0 radical (unpaired) electrons. The van der Waals surface area contributed by atoms with E-state index in [9.17, 15) is 0 Å². The van der Waals surface area contributed by atoms with Gasteiger partial charge in [0.15, 0.2) is 0 Å². The number of rotatable bonds is 6. The predicted molar refractivity (Wildman–Crippen MR) is 82.5 cm³/mol. The lowest BCUT2D eigenvalue weighted by atomic mass is 9.96. The van der Waals surface area contributed by atoms with Crippen LogP contribution in [0.25, 0.3) is 0 Å². The number of hydrogen-bond acceptors (Lipinski definition) is 4. The fourth-order valence-corrected chi connectivity index (χ4v) is 6.80. The number of nitrogens with zero attached hydrogens (tertiary/aromatic N) is 1. The van der Waals surface area contributed by atoms with Crippen molar-refractivity contribution in [2.24, 2.45) is 4.99 Å². The van der Waals surface area contributed by atoms with Crippen LogP contribution in [0.2, 0.25) is 0 Å². The first-order valence-corrected chi connectivity index (χ1v) is 10.4. The van der Waals surface area contributed by atoms with Crippen molar-refractivity contribution in [3.8, 4) is 0 Å². The summed E-state index contributed by atoms with van der Waals surface area (Å²) < 4.78 is 5.42. The second-order valence-corrected chi connectivity index (χ2v) is 11.7. The van der Waals surface area contributed by atoms with Crippen LogP contribution < -0.4 is 5.09 Å². The Morgan fingerprint density at radius 3 is 2.59 bits per heavy atom. The first-order valence-electron chi connectivity index (χ1n) is 6.19. The molecule has 0 aliphatic heterocycles. The van der Waals surface area contributed by atoms with E-state index in [2.05, 4.69) is 23.9 Å². The lowest BCUT2D eigenvalue weighted by Crippen LogP contribution is -2.14. The van der Waals surface area contributed by atoms with Gasteiger partial charge in [-0.05, 0) is 24.6 Å². The van der Waals surface area contributed by atoms with Crippen molar-refractivity contribution in [3.05, 3.63) is 0 Å². The second kappa shape index (κ2) is 7.78. The SMILES string of the molecule is COP(=S)(NC=NC1CCCCC1)SC(C)C. The van der Waals surface area contributed by atoms with E-state index >= 15 is 0 Å². The summed E-state index contributed by atoms with van der Waals surface area (Å²) in [4.78, 5) is 4.56. The van der Waals surface area contributed by atoms with E-state index in [-0.39, 0.29) is 0 Å². The minimum atomic E-state index is -1.97. The Morgan fingerprint density at radius 2 is 2.06 bits per heavy atom. The van der Waals surface area contributed by atoms with Gasteiger partial charge in [-0.25, -0.2) is 0 Å². The zero-order valence-corrected chi connectivity index (χ0v) is 13.4. The van der Waals surface area contributed by atoms with Crippen LogP contribution in [0.1, 0.15) is 46.0 Å². The zero-order valence-electron chi connectivity index (χ0n) is 10.9. The van der Waals surface area contributed by atoms with Crippen molar-refractivity contribution in [1.82, 2.24) is 5.09 Å². The van der Waals surface area contributed by atoms with Crippen molar-refractivity contribution in [2.45, 2.75) is 57.2 Å². The van der Waals surface area contributed by atoms with Crippen molar-refractivity contribution in [3.63, 3.8) is 0 Å². The van der Waals surface area contributed by atoms with Crippen LogP contribution in [-0.4, -0.2) is 24.7 Å². The van der Waals surface area contributed by atoms with Crippen LogP contribution in [-0.2, 0) is 16.3 Å². The van der Waals surface area contributed by atoms with Crippen molar-refractivity contribution in [1.29, 1.82) is 0 Å². The fraction of sp³-hybridized carbons (Fsp3) is 0.909. The molecule has 1 unspecified atom stereocenters. The van der Waals surface area contributed by atoms with Crippen molar-refractivity contribution < 1.29 is 4.52 Å². The summed E-state index contributed by atoms with van der Waals surface area (Å²) in [5, 5.41) is 3.67. The second-order valence-electron chi connectivity index (χ2n) is 4.53. The van der Waals surface area contributed by atoms with Gasteiger partial charge in [0.1, 0.15) is 0 Å². The lowest BCUT2D eigenvalue weighted by Gasteiger charge is -2.22. The molecule has 1 fully saturated rings. The van der Waals surface area contributed by atoms with Crippen LogP contribution in [0.15, 0.2) is 4.99 Å². The molecule has 0 amide bonds. The lowest BCUT2D eigenvalue weighted by molar-refractivity contribution is 0.443. The van der Waals surface area contributed by atoms with Gasteiger partial charge in [0.25, 0.3) is 0 Å². The van der Waals surface area contributed by atoms with E-state index in [1.165, 1.54) is 32.1 Å². The molecule has 0 spiro atoms. The van der Waals surface area contributed by atoms with E-state index in [0.717, 1.165) is 0 Å². The van der Waals surface area contributed by atoms with Gasteiger partial charge < -0.3 is 9.61 Å². The van der Waals surface area contributed by atoms with Gasteiger partial charge in [-0.15, -0.1) is 0 Å². The van der Waals surface area contributed by atoms with Gasteiger partial charge in [-0.3, -0.25) is 4.99 Å². The molecule has 6 heteroatoms. The van der Waals surface area contributed by atoms with Crippen molar-refractivity contribution in [2.75, 3.05) is 7.11 Å². The Balaban J connectivity index is 2.40. The predicted octanol–water partition coefficient (Wildman–Crippen LogP) is 3.95. The number of aliphatic imine (C=N–C) groups is 1. The summed E-state index contributed by atoms with van der Waals surface area (Å²) in [6.07, 6.45) is 8.19. The van der Waals surface area contributed by atoms with Gasteiger partial charge in [0.05, 0.1) is 12.4 Å². The summed E-state index contributed by atoms with van der Waals surface area (Å²) in [5.74, 6) is 0. The van der Waals surface area contributed by atoms with Gasteiger partial charge in [0.2, 0.25) is 5.62 Å². The molecule has 0 saturated heterocycles. The highest BCUT2D eigenvalue weighted by Crippen LogP contribution is 2.56. The molecule has 0 aromatic carbocycles. The minimum absolute atomic E-state index is 0.469. The average molecular weight is 294 g/mol. The topological polar surface area (TPSA) is 33.6 Å². The van der Waals surface area contributed by atoms with Crippen LogP contribution in [0.5, 0.6) is 0 Å². The smallest absolute Gasteiger partial charge is 0.211 e. The quantitative estimate of drug-likeness (QED) is 0.457. The van der Waals surface area contributed by atoms with Gasteiger partial charge in [-0.1, -0.05) is 44.5 Å². The molecule has 1 rings (SSSR count). The van der Waals surface area contributed by atoms with Crippen molar-refractivity contribution >= 4 is 35.1 Å². The molecule has 1 atom stereocenters. The maximum Gasteiger partial charge on any atom is 0.211 e. The number of hydrogen-bond donors (Lipinski definition) is 1. The van der Waals surface area contributed by atoms with Gasteiger partial charge in [0, 0.05) is 12.4 Å². The van der Waals surface area contributed by atoms with E-state index in [1.54, 1.807) is 24.8 Å². The normalized spacial score (nSPS) is 21.9. The number of nitrogens with one attached hydrogen (secondary N) is 1. The van der Waals surface area contributed by atoms with Gasteiger partial charge in [-0.2, -0.15) is 0 Å². The Morgan fingerprint density at radius 1 is 1.41 bits per heavy atom. The maximum atomic E-state index is 5.50. The van der Waals surface area contributed by atoms with Crippen LogP contribution >= 0.6 is 17.0 Å². The third-order valence-electron chi connectivity index (χ3n) is 2.67. The molecular weight excluding hydrogens is 271 g/mol. The third kappa shape index (κ3) is 6.23. The Bertz CT molecular complexity index is 291. The average Bonchev–Trinajstić information content (AvgIpc) is 2.29. The fourth-order valence-electron chi connectivity index (χ4n) is 1.84. The molecule has 1 saturated carbocycles. The molecule has 0 heterocycles. The highest BCUT2D eigenvalue weighted by molar-refractivity contribution is 8.69. The Labute approximate surface area is 114 Å². The summed E-state index contributed by atoms with van der Waals surface area (Å²) in [5.41, 5.74) is -1.97. The molecule has 1 aliphatic rings. The maximum absolute atomic E-state index is 5.50. The minimum Gasteiger partial charge on any atom is -0.330 e. The Hall–Kier alpha value is 0.430. The molecule has 1 N–H and O–H groups in total. The van der Waals surface area contributed by atoms with E-state index in [4.69, 9.17) is 16.3 Å². The van der Waals surface area contributed by atoms with Crippen LogP contribution in [0, 0.1) is 0 Å². The molecule has 3 nitrogen and oxygen atoms in total. The first kappa shape index (κ1) is 15.5. The van der Waals surface area contributed by atoms with Gasteiger partial charge >= 0.3 is 0 Å². The summed E-state index contributed by atoms with van der Waals surface area (Å²) >= 11 is 7.19. The molecular formula is C11H23N2OPS2. The monoisotopic (exact) mass is 294 g/mol. The summed E-state index contributed by atoms with van der Waals surface area (Å²) in [7, 11) is 1.68. The molecule has 17 heavy (non-hydrogen) atoms. The largest absolute Gasteiger partial charge is 0.330 e. The standard InChI is InChI=1S/C11H23N2OPS2/c1-10(2)17-15(16,14-3)13-9-12-11-7-5-4-6-8-11/h9-11H,4-8H2,1-3H3,(H,12,13,16). The molecule has 100 valence electrons. The van der Waals surface area contributed by atoms with Crippen LogP contribution in [0.3, 0.4) is 0 Å². The molecule has 0 aromatic heterocycles. The molecule has 0 aromatic rings. The third-order valence-corrected chi connectivity index (χ3v) is 8.68. The van der Waals surface area contributed by atoms with E-state index in [1.807, 2.05) is 0 Å².